The van der Waals surface area contributed by atoms with E-state index in [1.54, 1.807) is 7.11 Å². The van der Waals surface area contributed by atoms with E-state index in [-0.39, 0.29) is 5.91 Å². The Morgan fingerprint density at radius 1 is 1.36 bits per heavy atom. The lowest BCUT2D eigenvalue weighted by atomic mass is 9.93. The number of rotatable bonds is 8. The van der Waals surface area contributed by atoms with E-state index >= 15 is 0 Å². The highest BCUT2D eigenvalue weighted by atomic mass is 16.5. The number of amides is 1. The minimum Gasteiger partial charge on any atom is -0.493 e. The van der Waals surface area contributed by atoms with Crippen LogP contribution in [-0.2, 0) is 9.53 Å². The second kappa shape index (κ2) is 8.18. The summed E-state index contributed by atoms with van der Waals surface area (Å²) in [6.45, 7) is 10.7. The molecule has 0 spiro atoms. The van der Waals surface area contributed by atoms with Crippen molar-refractivity contribution in [1.29, 1.82) is 0 Å². The fourth-order valence-electron chi connectivity index (χ4n) is 2.41. The van der Waals surface area contributed by atoms with E-state index in [0.717, 1.165) is 23.4 Å². The number of carbonyl (C=O) groups excluding carboxylic acids is 1. The summed E-state index contributed by atoms with van der Waals surface area (Å²) in [5, 5.41) is 2.94. The number of hydrogen-bond acceptors (Lipinski definition) is 3. The number of anilines is 1. The van der Waals surface area contributed by atoms with Gasteiger partial charge in [-0.1, -0.05) is 20.8 Å². The fraction of sp³-hybridized carbons (Fsp3) is 0.611. The van der Waals surface area contributed by atoms with E-state index in [4.69, 9.17) is 9.47 Å². The monoisotopic (exact) mass is 307 g/mol. The maximum atomic E-state index is 12.5. The SMILES string of the molecule is CCCOc1ccc(NC(=O)C(C)(CC(C)C)OC)cc1C. The number of ether oxygens (including phenoxy) is 2. The summed E-state index contributed by atoms with van der Waals surface area (Å²) in [7, 11) is 1.58. The van der Waals surface area contributed by atoms with Crippen LogP contribution < -0.4 is 10.1 Å². The van der Waals surface area contributed by atoms with E-state index < -0.39 is 5.60 Å². The van der Waals surface area contributed by atoms with Crippen LogP contribution in [-0.4, -0.2) is 25.2 Å². The average Bonchev–Trinajstić information content (AvgIpc) is 2.45. The second-order valence-electron chi connectivity index (χ2n) is 6.32. The van der Waals surface area contributed by atoms with Crippen LogP contribution in [0.15, 0.2) is 18.2 Å². The number of benzene rings is 1. The molecule has 0 heterocycles. The summed E-state index contributed by atoms with van der Waals surface area (Å²) in [4.78, 5) is 12.5. The molecular formula is C18H29NO3. The Morgan fingerprint density at radius 3 is 2.55 bits per heavy atom. The van der Waals surface area contributed by atoms with E-state index in [9.17, 15) is 4.79 Å². The highest BCUT2D eigenvalue weighted by Crippen LogP contribution is 2.25. The van der Waals surface area contributed by atoms with Crippen LogP contribution in [0.2, 0.25) is 0 Å². The quantitative estimate of drug-likeness (QED) is 0.784. The molecule has 22 heavy (non-hydrogen) atoms. The molecule has 1 N–H and O–H groups in total. The first-order valence-corrected chi connectivity index (χ1v) is 7.92. The molecule has 1 aromatic rings. The van der Waals surface area contributed by atoms with Crippen LogP contribution in [0.5, 0.6) is 5.75 Å². The highest BCUT2D eigenvalue weighted by Gasteiger charge is 2.33. The molecule has 0 fully saturated rings. The van der Waals surface area contributed by atoms with Gasteiger partial charge in [-0.3, -0.25) is 4.79 Å². The number of hydrogen-bond donors (Lipinski definition) is 1. The topological polar surface area (TPSA) is 47.6 Å². The van der Waals surface area contributed by atoms with E-state index in [1.165, 1.54) is 0 Å². The first kappa shape index (κ1) is 18.5. The minimum absolute atomic E-state index is 0.120. The van der Waals surface area contributed by atoms with Crippen LogP contribution in [0, 0.1) is 12.8 Å². The van der Waals surface area contributed by atoms with Crippen molar-refractivity contribution in [3.8, 4) is 5.75 Å². The second-order valence-corrected chi connectivity index (χ2v) is 6.32. The predicted molar refractivity (Wildman–Crippen MR) is 90.5 cm³/mol. The lowest BCUT2D eigenvalue weighted by molar-refractivity contribution is -0.137. The van der Waals surface area contributed by atoms with Crippen LogP contribution in [0.3, 0.4) is 0 Å². The maximum Gasteiger partial charge on any atom is 0.256 e. The van der Waals surface area contributed by atoms with Gasteiger partial charge in [-0.15, -0.1) is 0 Å². The van der Waals surface area contributed by atoms with Crippen molar-refractivity contribution >= 4 is 11.6 Å². The number of aryl methyl sites for hydroxylation is 1. The number of carbonyl (C=O) groups is 1. The molecule has 1 rings (SSSR count). The van der Waals surface area contributed by atoms with Gasteiger partial charge >= 0.3 is 0 Å². The Morgan fingerprint density at radius 2 is 2.05 bits per heavy atom. The molecule has 0 saturated carbocycles. The molecule has 1 amide bonds. The molecule has 0 bridgehead atoms. The Balaban J connectivity index is 2.81. The van der Waals surface area contributed by atoms with Gasteiger partial charge in [0.05, 0.1) is 6.61 Å². The van der Waals surface area contributed by atoms with Gasteiger partial charge in [0.25, 0.3) is 5.91 Å². The predicted octanol–water partition coefficient (Wildman–Crippen LogP) is 4.17. The van der Waals surface area contributed by atoms with Crippen molar-refractivity contribution in [1.82, 2.24) is 0 Å². The van der Waals surface area contributed by atoms with Gasteiger partial charge < -0.3 is 14.8 Å². The van der Waals surface area contributed by atoms with Crippen molar-refractivity contribution < 1.29 is 14.3 Å². The smallest absolute Gasteiger partial charge is 0.256 e. The van der Waals surface area contributed by atoms with Gasteiger partial charge in [0.2, 0.25) is 0 Å². The summed E-state index contributed by atoms with van der Waals surface area (Å²) in [5.41, 5.74) is 0.951. The van der Waals surface area contributed by atoms with E-state index in [1.807, 2.05) is 32.0 Å². The third-order valence-corrected chi connectivity index (χ3v) is 3.62. The Kier molecular flexibility index (Phi) is 6.88. The van der Waals surface area contributed by atoms with Crippen molar-refractivity contribution in [3.05, 3.63) is 23.8 Å². The van der Waals surface area contributed by atoms with Crippen LogP contribution in [0.1, 0.15) is 46.1 Å². The van der Waals surface area contributed by atoms with Gasteiger partial charge in [-0.2, -0.15) is 0 Å². The van der Waals surface area contributed by atoms with Crippen molar-refractivity contribution in [2.24, 2.45) is 5.92 Å². The minimum atomic E-state index is -0.820. The van der Waals surface area contributed by atoms with Crippen molar-refractivity contribution in [3.63, 3.8) is 0 Å². The fourth-order valence-corrected chi connectivity index (χ4v) is 2.41. The zero-order chi connectivity index (χ0) is 16.8. The van der Waals surface area contributed by atoms with Crippen LogP contribution in [0.25, 0.3) is 0 Å². The number of methoxy groups -OCH3 is 1. The molecule has 0 aromatic heterocycles. The van der Waals surface area contributed by atoms with E-state index in [2.05, 4.69) is 26.1 Å². The normalized spacial score (nSPS) is 13.8. The molecule has 1 atom stereocenters. The van der Waals surface area contributed by atoms with Gasteiger partial charge in [0, 0.05) is 12.8 Å². The molecule has 1 unspecified atom stereocenters. The molecule has 0 aliphatic carbocycles. The van der Waals surface area contributed by atoms with Gasteiger partial charge in [-0.25, -0.2) is 0 Å². The zero-order valence-corrected chi connectivity index (χ0v) is 14.7. The summed E-state index contributed by atoms with van der Waals surface area (Å²) in [5.74, 6) is 1.11. The van der Waals surface area contributed by atoms with Gasteiger partial charge in [0.1, 0.15) is 11.4 Å². The molecule has 0 aliphatic heterocycles. The largest absolute Gasteiger partial charge is 0.493 e. The molecular weight excluding hydrogens is 278 g/mol. The number of nitrogens with one attached hydrogen (secondary N) is 1. The molecule has 4 nitrogen and oxygen atoms in total. The van der Waals surface area contributed by atoms with Crippen molar-refractivity contribution in [2.45, 2.75) is 53.1 Å². The van der Waals surface area contributed by atoms with Gasteiger partial charge in [-0.05, 0) is 56.4 Å². The van der Waals surface area contributed by atoms with E-state index in [0.29, 0.717) is 18.9 Å². The maximum absolute atomic E-state index is 12.5. The van der Waals surface area contributed by atoms with Crippen molar-refractivity contribution in [2.75, 3.05) is 19.0 Å². The molecule has 4 heteroatoms. The van der Waals surface area contributed by atoms with Gasteiger partial charge in [0.15, 0.2) is 0 Å². The summed E-state index contributed by atoms with van der Waals surface area (Å²) < 4.78 is 11.1. The average molecular weight is 307 g/mol. The first-order valence-electron chi connectivity index (χ1n) is 7.92. The molecule has 1 aromatic carbocycles. The standard InChI is InChI=1S/C18H29NO3/c1-7-10-22-16-9-8-15(11-14(16)4)19-17(20)18(5,21-6)12-13(2)3/h8-9,11,13H,7,10,12H2,1-6H3,(H,19,20). The molecule has 0 saturated heterocycles. The molecule has 124 valence electrons. The Labute approximate surface area is 134 Å². The third kappa shape index (κ3) is 5.02. The summed E-state index contributed by atoms with van der Waals surface area (Å²) in [6, 6.07) is 5.68. The highest BCUT2D eigenvalue weighted by molar-refractivity contribution is 5.97. The van der Waals surface area contributed by atoms with Crippen LogP contribution >= 0.6 is 0 Å². The van der Waals surface area contributed by atoms with Crippen LogP contribution in [0.4, 0.5) is 5.69 Å². The lowest BCUT2D eigenvalue weighted by Crippen LogP contribution is -2.43. The Hall–Kier alpha value is -1.55. The summed E-state index contributed by atoms with van der Waals surface area (Å²) >= 11 is 0. The first-order chi connectivity index (χ1) is 10.3. The summed E-state index contributed by atoms with van der Waals surface area (Å²) in [6.07, 6.45) is 1.64. The molecule has 0 aliphatic rings. The third-order valence-electron chi connectivity index (χ3n) is 3.62. The molecule has 0 radical (unpaired) electrons. The lowest BCUT2D eigenvalue weighted by Gasteiger charge is -2.28. The zero-order valence-electron chi connectivity index (χ0n) is 14.7. The Bertz CT molecular complexity index is 499.